The van der Waals surface area contributed by atoms with E-state index >= 15 is 0 Å². The Morgan fingerprint density at radius 3 is 2.58 bits per heavy atom. The fraction of sp³-hybridized carbons (Fsp3) is 0.450. The number of nitrogens with zero attached hydrogens (tertiary/aromatic N) is 4. The second kappa shape index (κ2) is 9.38. The zero-order chi connectivity index (χ0) is 19.1. The summed E-state index contributed by atoms with van der Waals surface area (Å²) in [4.78, 5) is 8.99. The largest absolute Gasteiger partial charge is 0.357 e. The molecule has 1 aromatic heterocycles. The maximum Gasteiger partial charge on any atom is 0.194 e. The second-order valence-corrected chi connectivity index (χ2v) is 6.70. The number of rotatable bonds is 7. The van der Waals surface area contributed by atoms with Crippen molar-refractivity contribution in [2.45, 2.75) is 19.5 Å². The van der Waals surface area contributed by atoms with Crippen molar-refractivity contribution in [2.75, 3.05) is 34.2 Å². The lowest BCUT2D eigenvalue weighted by Gasteiger charge is -2.26. The zero-order valence-electron chi connectivity index (χ0n) is 16.4. The number of benzene rings is 1. The fourth-order valence-electron chi connectivity index (χ4n) is 2.90. The van der Waals surface area contributed by atoms with Crippen LogP contribution in [-0.2, 0) is 13.6 Å². The number of aromatic nitrogens is 1. The van der Waals surface area contributed by atoms with Gasteiger partial charge in [-0.1, -0.05) is 12.1 Å². The first-order chi connectivity index (χ1) is 12.4. The van der Waals surface area contributed by atoms with Crippen LogP contribution in [0.2, 0.25) is 0 Å². The van der Waals surface area contributed by atoms with Crippen molar-refractivity contribution in [1.29, 1.82) is 0 Å². The molecule has 5 nitrogen and oxygen atoms in total. The van der Waals surface area contributed by atoms with E-state index in [0.717, 1.165) is 24.6 Å². The van der Waals surface area contributed by atoms with E-state index in [-0.39, 0.29) is 11.9 Å². The molecule has 0 saturated carbocycles. The highest BCUT2D eigenvalue weighted by molar-refractivity contribution is 5.79. The number of aryl methyl sites for hydroxylation is 1. The van der Waals surface area contributed by atoms with Gasteiger partial charge < -0.3 is 19.7 Å². The van der Waals surface area contributed by atoms with E-state index in [9.17, 15) is 4.39 Å². The minimum atomic E-state index is -0.217. The predicted octanol–water partition coefficient (Wildman–Crippen LogP) is 2.86. The molecule has 0 bridgehead atoms. The van der Waals surface area contributed by atoms with E-state index in [4.69, 9.17) is 4.99 Å². The van der Waals surface area contributed by atoms with Gasteiger partial charge in [0.05, 0.1) is 19.1 Å². The number of hydrogen-bond acceptors (Lipinski definition) is 2. The molecule has 0 aliphatic heterocycles. The zero-order valence-corrected chi connectivity index (χ0v) is 16.4. The fourth-order valence-corrected chi connectivity index (χ4v) is 2.90. The number of hydrogen-bond donors (Lipinski definition) is 1. The molecular weight excluding hydrogens is 329 g/mol. The summed E-state index contributed by atoms with van der Waals surface area (Å²) < 4.78 is 15.7. The molecule has 0 amide bonds. The van der Waals surface area contributed by atoms with Crippen molar-refractivity contribution in [3.05, 3.63) is 59.7 Å². The Balaban J connectivity index is 2.16. The van der Waals surface area contributed by atoms with Gasteiger partial charge in [0.25, 0.3) is 0 Å². The second-order valence-electron chi connectivity index (χ2n) is 6.70. The average molecular weight is 359 g/mol. The monoisotopic (exact) mass is 359 g/mol. The van der Waals surface area contributed by atoms with Crippen LogP contribution in [0.1, 0.15) is 24.2 Å². The predicted molar refractivity (Wildman–Crippen MR) is 106 cm³/mol. The summed E-state index contributed by atoms with van der Waals surface area (Å²) in [5, 5.41) is 3.35. The van der Waals surface area contributed by atoms with Gasteiger partial charge in [0.1, 0.15) is 5.82 Å². The van der Waals surface area contributed by atoms with Crippen molar-refractivity contribution in [3.8, 4) is 0 Å². The van der Waals surface area contributed by atoms with Crippen LogP contribution >= 0.6 is 0 Å². The first kappa shape index (κ1) is 20.0. The summed E-state index contributed by atoms with van der Waals surface area (Å²) in [6, 6.07) is 10.9. The van der Waals surface area contributed by atoms with Crippen molar-refractivity contribution < 1.29 is 4.39 Å². The third kappa shape index (κ3) is 5.33. The van der Waals surface area contributed by atoms with Gasteiger partial charge >= 0.3 is 0 Å². The van der Waals surface area contributed by atoms with Crippen LogP contribution in [0.3, 0.4) is 0 Å². The number of nitrogens with one attached hydrogen (secondary N) is 1. The Kier molecular flexibility index (Phi) is 7.21. The third-order valence-electron chi connectivity index (χ3n) is 4.42. The first-order valence-corrected chi connectivity index (χ1v) is 8.94. The van der Waals surface area contributed by atoms with Crippen LogP contribution in [0, 0.1) is 5.82 Å². The molecular formula is C20H30FN5. The molecule has 0 aliphatic rings. The minimum Gasteiger partial charge on any atom is -0.357 e. The molecule has 1 atom stereocenters. The Morgan fingerprint density at radius 1 is 1.23 bits per heavy atom. The van der Waals surface area contributed by atoms with Gasteiger partial charge in [-0.25, -0.2) is 4.39 Å². The smallest absolute Gasteiger partial charge is 0.194 e. The SMILES string of the molecule is CCNC(=NCC(c1cccc(F)c1)N(C)C)N(C)Cc1cccn1C. The van der Waals surface area contributed by atoms with Crippen molar-refractivity contribution in [2.24, 2.45) is 12.0 Å². The molecule has 1 aromatic carbocycles. The highest BCUT2D eigenvalue weighted by atomic mass is 19.1. The maximum absolute atomic E-state index is 13.6. The molecule has 142 valence electrons. The number of likely N-dealkylation sites (N-methyl/N-ethyl adjacent to an activating group) is 1. The van der Waals surface area contributed by atoms with Gasteiger partial charge in [0.2, 0.25) is 0 Å². The van der Waals surface area contributed by atoms with Crippen molar-refractivity contribution >= 4 is 5.96 Å². The standard InChI is InChI=1S/C20H30FN5/c1-6-22-20(26(5)15-18-11-8-12-25(18)4)23-14-19(24(2)3)16-9-7-10-17(21)13-16/h7-13,19H,6,14-15H2,1-5H3,(H,22,23). The average Bonchev–Trinajstić information content (AvgIpc) is 2.98. The lowest BCUT2D eigenvalue weighted by molar-refractivity contribution is 0.304. The van der Waals surface area contributed by atoms with Crippen LogP contribution in [0.15, 0.2) is 47.6 Å². The summed E-state index contributed by atoms with van der Waals surface area (Å²) in [5.41, 5.74) is 2.15. The third-order valence-corrected chi connectivity index (χ3v) is 4.42. The van der Waals surface area contributed by atoms with Crippen molar-refractivity contribution in [3.63, 3.8) is 0 Å². The van der Waals surface area contributed by atoms with Gasteiger partial charge in [-0.05, 0) is 50.8 Å². The summed E-state index contributed by atoms with van der Waals surface area (Å²) in [6.07, 6.45) is 2.04. The molecule has 1 unspecified atom stereocenters. The highest BCUT2D eigenvalue weighted by Crippen LogP contribution is 2.19. The molecule has 0 spiro atoms. The lowest BCUT2D eigenvalue weighted by atomic mass is 10.1. The molecule has 6 heteroatoms. The van der Waals surface area contributed by atoms with E-state index in [0.29, 0.717) is 6.54 Å². The minimum absolute atomic E-state index is 0.0165. The van der Waals surface area contributed by atoms with Gasteiger partial charge in [0, 0.05) is 32.5 Å². The van der Waals surface area contributed by atoms with E-state index in [1.54, 1.807) is 12.1 Å². The van der Waals surface area contributed by atoms with E-state index in [2.05, 4.69) is 32.7 Å². The van der Waals surface area contributed by atoms with E-state index < -0.39 is 0 Å². The molecule has 2 rings (SSSR count). The van der Waals surface area contributed by atoms with E-state index in [1.807, 2.05) is 46.5 Å². The van der Waals surface area contributed by atoms with Crippen LogP contribution in [0.25, 0.3) is 0 Å². The van der Waals surface area contributed by atoms with Crippen LogP contribution in [0.4, 0.5) is 4.39 Å². The molecule has 1 heterocycles. The summed E-state index contributed by atoms with van der Waals surface area (Å²) in [5.74, 6) is 0.628. The van der Waals surface area contributed by atoms with Crippen LogP contribution in [-0.4, -0.2) is 54.6 Å². The normalized spacial score (nSPS) is 13.1. The van der Waals surface area contributed by atoms with Gasteiger partial charge in [-0.15, -0.1) is 0 Å². The highest BCUT2D eigenvalue weighted by Gasteiger charge is 2.16. The molecule has 0 fully saturated rings. The lowest BCUT2D eigenvalue weighted by Crippen LogP contribution is -2.39. The first-order valence-electron chi connectivity index (χ1n) is 8.94. The topological polar surface area (TPSA) is 35.8 Å². The van der Waals surface area contributed by atoms with Gasteiger partial charge in [0.15, 0.2) is 5.96 Å². The molecule has 26 heavy (non-hydrogen) atoms. The number of halogens is 1. The molecule has 1 N–H and O–H groups in total. The Morgan fingerprint density at radius 2 is 2.00 bits per heavy atom. The van der Waals surface area contributed by atoms with Crippen LogP contribution in [0.5, 0.6) is 0 Å². The summed E-state index contributed by atoms with van der Waals surface area (Å²) >= 11 is 0. The molecule has 0 radical (unpaired) electrons. The van der Waals surface area contributed by atoms with E-state index in [1.165, 1.54) is 11.8 Å². The van der Waals surface area contributed by atoms with Crippen LogP contribution < -0.4 is 5.32 Å². The molecule has 0 saturated heterocycles. The van der Waals surface area contributed by atoms with Crippen molar-refractivity contribution in [1.82, 2.24) is 19.7 Å². The number of guanidine groups is 1. The Hall–Kier alpha value is -2.34. The van der Waals surface area contributed by atoms with Gasteiger partial charge in [-0.3, -0.25) is 4.99 Å². The quantitative estimate of drug-likeness (QED) is 0.610. The maximum atomic E-state index is 13.6. The molecule has 2 aromatic rings. The van der Waals surface area contributed by atoms with Gasteiger partial charge in [-0.2, -0.15) is 0 Å². The molecule has 0 aliphatic carbocycles. The number of aliphatic imine (C=N–C) groups is 1. The Bertz CT molecular complexity index is 722. The summed E-state index contributed by atoms with van der Waals surface area (Å²) in [7, 11) is 8.05. The Labute approximate surface area is 156 Å². The summed E-state index contributed by atoms with van der Waals surface area (Å²) in [6.45, 7) is 4.17.